The molecule has 1 heterocycles. The Morgan fingerprint density at radius 3 is 2.45 bits per heavy atom. The lowest BCUT2D eigenvalue weighted by atomic mass is 10.1. The largest absolute Gasteiger partial charge is 0.508 e. The van der Waals surface area contributed by atoms with E-state index < -0.39 is 0 Å². The Bertz CT molecular complexity index is 553. The second-order valence-corrected chi connectivity index (χ2v) is 4.98. The van der Waals surface area contributed by atoms with Gasteiger partial charge in [0.1, 0.15) is 5.75 Å². The van der Waals surface area contributed by atoms with Gasteiger partial charge in [0.2, 0.25) is 5.88 Å². The van der Waals surface area contributed by atoms with Crippen LogP contribution >= 0.6 is 0 Å². The van der Waals surface area contributed by atoms with Crippen LogP contribution in [0.25, 0.3) is 0 Å². The summed E-state index contributed by atoms with van der Waals surface area (Å²) in [6, 6.07) is 11.1. The monoisotopic (exact) mass is 272 g/mol. The second kappa shape index (κ2) is 6.28. The molecule has 0 bridgehead atoms. The van der Waals surface area contributed by atoms with E-state index in [2.05, 4.69) is 17.2 Å². The van der Waals surface area contributed by atoms with E-state index in [0.29, 0.717) is 5.88 Å². The summed E-state index contributed by atoms with van der Waals surface area (Å²) in [6.07, 6.45) is 1.79. The first-order valence-corrected chi connectivity index (χ1v) is 6.73. The number of benzene rings is 1. The normalized spacial score (nSPS) is 12.2. The van der Waals surface area contributed by atoms with Gasteiger partial charge < -0.3 is 15.2 Å². The topological polar surface area (TPSA) is 54.4 Å². The van der Waals surface area contributed by atoms with Crippen molar-refractivity contribution in [2.75, 3.05) is 5.32 Å². The molecule has 20 heavy (non-hydrogen) atoms. The maximum Gasteiger partial charge on any atom is 0.237 e. The van der Waals surface area contributed by atoms with Gasteiger partial charge in [-0.15, -0.1) is 0 Å². The second-order valence-electron chi connectivity index (χ2n) is 4.98. The molecule has 2 aromatic rings. The fourth-order valence-corrected chi connectivity index (χ4v) is 1.90. The van der Waals surface area contributed by atoms with Crippen molar-refractivity contribution in [3.05, 3.63) is 48.2 Å². The standard InChI is InChI=1S/C16H20N2O2/c1-11(2)20-16-15(5-4-10-17-16)18-12(3)13-6-8-14(19)9-7-13/h4-12,18-19H,1-3H3. The number of nitrogens with zero attached hydrogens (tertiary/aromatic N) is 1. The maximum atomic E-state index is 9.32. The lowest BCUT2D eigenvalue weighted by molar-refractivity contribution is 0.234. The van der Waals surface area contributed by atoms with Crippen LogP contribution in [0.1, 0.15) is 32.4 Å². The van der Waals surface area contributed by atoms with Crippen LogP contribution in [0, 0.1) is 0 Å². The van der Waals surface area contributed by atoms with Crippen molar-refractivity contribution >= 4 is 5.69 Å². The summed E-state index contributed by atoms with van der Waals surface area (Å²) in [4.78, 5) is 4.25. The molecule has 4 heteroatoms. The molecular weight excluding hydrogens is 252 g/mol. The molecule has 4 nitrogen and oxygen atoms in total. The molecule has 0 amide bonds. The molecule has 2 rings (SSSR count). The van der Waals surface area contributed by atoms with E-state index in [-0.39, 0.29) is 17.9 Å². The van der Waals surface area contributed by atoms with E-state index in [1.807, 2.05) is 38.1 Å². The Morgan fingerprint density at radius 2 is 1.80 bits per heavy atom. The average Bonchev–Trinajstić information content (AvgIpc) is 2.41. The van der Waals surface area contributed by atoms with Crippen molar-refractivity contribution < 1.29 is 9.84 Å². The lowest BCUT2D eigenvalue weighted by Gasteiger charge is -2.19. The Morgan fingerprint density at radius 1 is 1.10 bits per heavy atom. The predicted octanol–water partition coefficient (Wildman–Crippen LogP) is 3.75. The first-order chi connectivity index (χ1) is 9.56. The summed E-state index contributed by atoms with van der Waals surface area (Å²) < 4.78 is 5.69. The average molecular weight is 272 g/mol. The van der Waals surface area contributed by atoms with Gasteiger partial charge in [0, 0.05) is 12.2 Å². The number of aromatic hydroxyl groups is 1. The van der Waals surface area contributed by atoms with Crippen molar-refractivity contribution in [3.63, 3.8) is 0 Å². The highest BCUT2D eigenvalue weighted by atomic mass is 16.5. The molecular formula is C16H20N2O2. The van der Waals surface area contributed by atoms with Gasteiger partial charge in [0.25, 0.3) is 0 Å². The maximum absolute atomic E-state index is 9.32. The van der Waals surface area contributed by atoms with Gasteiger partial charge in [-0.2, -0.15) is 0 Å². The molecule has 2 N–H and O–H groups in total. The van der Waals surface area contributed by atoms with E-state index in [4.69, 9.17) is 4.74 Å². The fourth-order valence-electron chi connectivity index (χ4n) is 1.90. The van der Waals surface area contributed by atoms with Crippen LogP contribution in [0.3, 0.4) is 0 Å². The summed E-state index contributed by atoms with van der Waals surface area (Å²) in [5.41, 5.74) is 1.95. The molecule has 106 valence electrons. The lowest BCUT2D eigenvalue weighted by Crippen LogP contribution is -2.12. The molecule has 1 atom stereocenters. The minimum Gasteiger partial charge on any atom is -0.508 e. The zero-order valence-electron chi connectivity index (χ0n) is 12.0. The molecule has 0 aliphatic heterocycles. The summed E-state index contributed by atoms with van der Waals surface area (Å²) in [5.74, 6) is 0.874. The van der Waals surface area contributed by atoms with E-state index in [0.717, 1.165) is 11.3 Å². The molecule has 0 saturated carbocycles. The first kappa shape index (κ1) is 14.2. The third-order valence-electron chi connectivity index (χ3n) is 2.88. The minimum atomic E-state index is 0.0782. The minimum absolute atomic E-state index is 0.0782. The van der Waals surface area contributed by atoms with Crippen LogP contribution in [-0.2, 0) is 0 Å². The zero-order valence-corrected chi connectivity index (χ0v) is 12.0. The number of anilines is 1. The zero-order chi connectivity index (χ0) is 14.5. The highest BCUT2D eigenvalue weighted by molar-refractivity contribution is 5.53. The van der Waals surface area contributed by atoms with Gasteiger partial charge in [-0.25, -0.2) is 4.98 Å². The van der Waals surface area contributed by atoms with E-state index in [1.54, 1.807) is 18.3 Å². The van der Waals surface area contributed by atoms with Crippen molar-refractivity contribution in [1.29, 1.82) is 0 Å². The number of pyridine rings is 1. The van der Waals surface area contributed by atoms with Crippen molar-refractivity contribution in [2.24, 2.45) is 0 Å². The Hall–Kier alpha value is -2.23. The van der Waals surface area contributed by atoms with E-state index >= 15 is 0 Å². The van der Waals surface area contributed by atoms with Gasteiger partial charge >= 0.3 is 0 Å². The van der Waals surface area contributed by atoms with Gasteiger partial charge in [0.15, 0.2) is 0 Å². The van der Waals surface area contributed by atoms with Crippen molar-refractivity contribution in [1.82, 2.24) is 4.98 Å². The van der Waals surface area contributed by atoms with Crippen LogP contribution in [0.15, 0.2) is 42.6 Å². The molecule has 0 radical (unpaired) electrons. The summed E-state index contributed by atoms with van der Waals surface area (Å²) in [5, 5.41) is 12.7. The van der Waals surface area contributed by atoms with Crippen LogP contribution in [-0.4, -0.2) is 16.2 Å². The van der Waals surface area contributed by atoms with Crippen molar-refractivity contribution in [3.8, 4) is 11.6 Å². The number of phenols is 1. The smallest absolute Gasteiger partial charge is 0.237 e. The molecule has 0 saturated heterocycles. The van der Waals surface area contributed by atoms with E-state index in [9.17, 15) is 5.11 Å². The molecule has 0 aliphatic carbocycles. The third-order valence-corrected chi connectivity index (χ3v) is 2.88. The number of ether oxygens (including phenoxy) is 1. The van der Waals surface area contributed by atoms with E-state index in [1.165, 1.54) is 0 Å². The highest BCUT2D eigenvalue weighted by Gasteiger charge is 2.11. The number of nitrogens with one attached hydrogen (secondary N) is 1. The highest BCUT2D eigenvalue weighted by Crippen LogP contribution is 2.27. The van der Waals surface area contributed by atoms with Gasteiger partial charge in [-0.3, -0.25) is 0 Å². The Kier molecular flexibility index (Phi) is 4.45. The summed E-state index contributed by atoms with van der Waals surface area (Å²) in [7, 11) is 0. The number of rotatable bonds is 5. The van der Waals surface area contributed by atoms with Crippen LogP contribution in [0.4, 0.5) is 5.69 Å². The Labute approximate surface area is 119 Å². The van der Waals surface area contributed by atoms with Crippen molar-refractivity contribution in [2.45, 2.75) is 32.9 Å². The molecule has 0 aliphatic rings. The van der Waals surface area contributed by atoms with Crippen LogP contribution in [0.2, 0.25) is 0 Å². The molecule has 1 unspecified atom stereocenters. The molecule has 0 spiro atoms. The van der Waals surface area contributed by atoms with Gasteiger partial charge in [-0.1, -0.05) is 12.1 Å². The Balaban J connectivity index is 2.15. The van der Waals surface area contributed by atoms with Gasteiger partial charge in [0.05, 0.1) is 11.8 Å². The van der Waals surface area contributed by atoms with Crippen LogP contribution < -0.4 is 10.1 Å². The molecule has 1 aromatic heterocycles. The van der Waals surface area contributed by atoms with Crippen LogP contribution in [0.5, 0.6) is 11.6 Å². The third kappa shape index (κ3) is 3.63. The first-order valence-electron chi connectivity index (χ1n) is 6.73. The SMILES string of the molecule is CC(C)Oc1ncccc1NC(C)c1ccc(O)cc1. The summed E-state index contributed by atoms with van der Waals surface area (Å²) >= 11 is 0. The number of hydrogen-bond donors (Lipinski definition) is 2. The molecule has 0 fully saturated rings. The fraction of sp³-hybridized carbons (Fsp3) is 0.312. The summed E-state index contributed by atoms with van der Waals surface area (Å²) in [6.45, 7) is 6.00. The number of hydrogen-bond acceptors (Lipinski definition) is 4. The van der Waals surface area contributed by atoms with Gasteiger partial charge in [-0.05, 0) is 50.6 Å². The molecule has 1 aromatic carbocycles. The predicted molar refractivity (Wildman–Crippen MR) is 80.1 cm³/mol. The number of aromatic nitrogens is 1. The number of phenolic OH excluding ortho intramolecular Hbond substituents is 1. The quantitative estimate of drug-likeness (QED) is 0.870.